The van der Waals surface area contributed by atoms with E-state index in [1.165, 1.54) is 0 Å². The summed E-state index contributed by atoms with van der Waals surface area (Å²) in [5, 5.41) is 0. The number of hydrogen-bond acceptors (Lipinski definition) is 4. The lowest BCUT2D eigenvalue weighted by molar-refractivity contribution is -0.162. The van der Waals surface area contributed by atoms with Crippen LogP contribution < -0.4 is 0 Å². The van der Waals surface area contributed by atoms with Crippen molar-refractivity contribution in [2.24, 2.45) is 0 Å². The molecule has 0 saturated carbocycles. The van der Waals surface area contributed by atoms with Crippen LogP contribution in [0.4, 0.5) is 0 Å². The number of unbranched alkanes of at least 4 members (excludes halogenated alkanes) is 4. The summed E-state index contributed by atoms with van der Waals surface area (Å²) in [6, 6.07) is 15.1. The van der Waals surface area contributed by atoms with Gasteiger partial charge in [-0.1, -0.05) is 88.1 Å². The topological polar surface area (TPSA) is 52.6 Å². The van der Waals surface area contributed by atoms with Crippen molar-refractivity contribution in [3.8, 4) is 11.1 Å². The molecule has 0 fully saturated rings. The molecule has 0 heterocycles. The van der Waals surface area contributed by atoms with Crippen molar-refractivity contribution >= 4 is 11.9 Å². The Labute approximate surface area is 173 Å². The predicted molar refractivity (Wildman–Crippen MR) is 114 cm³/mol. The fourth-order valence-electron chi connectivity index (χ4n) is 4.01. The van der Waals surface area contributed by atoms with E-state index in [0.717, 1.165) is 49.7 Å². The van der Waals surface area contributed by atoms with Crippen LogP contribution >= 0.6 is 0 Å². The fraction of sp³-hybridized carbons (Fsp3) is 0.440. The smallest absolute Gasteiger partial charge is 0.332 e. The molecule has 0 radical (unpaired) electrons. The molecule has 0 bridgehead atoms. The molecule has 29 heavy (non-hydrogen) atoms. The maximum Gasteiger partial charge on any atom is 0.332 e. The molecule has 1 aliphatic carbocycles. The van der Waals surface area contributed by atoms with Crippen LogP contribution in [0.15, 0.2) is 48.5 Å². The van der Waals surface area contributed by atoms with E-state index in [-0.39, 0.29) is 0 Å². The molecule has 2 aromatic carbocycles. The number of rotatable bonds is 10. The van der Waals surface area contributed by atoms with Crippen LogP contribution in [-0.4, -0.2) is 25.2 Å². The highest BCUT2D eigenvalue weighted by molar-refractivity contribution is 6.15. The lowest BCUT2D eigenvalue weighted by Gasteiger charge is -2.27. The number of hydrogen-bond donors (Lipinski definition) is 0. The molecule has 0 spiro atoms. The lowest BCUT2D eigenvalue weighted by Crippen LogP contribution is -2.46. The maximum absolute atomic E-state index is 13.5. The number of carbonyl (C=O) groups is 2. The van der Waals surface area contributed by atoms with Gasteiger partial charge >= 0.3 is 11.9 Å². The predicted octanol–water partition coefficient (Wildman–Crippen LogP) is 5.42. The molecule has 4 nitrogen and oxygen atoms in total. The lowest BCUT2D eigenvalue weighted by atomic mass is 9.78. The van der Waals surface area contributed by atoms with Crippen molar-refractivity contribution in [2.75, 3.05) is 13.2 Å². The Morgan fingerprint density at radius 3 is 1.52 bits per heavy atom. The van der Waals surface area contributed by atoms with Gasteiger partial charge in [0.2, 0.25) is 5.41 Å². The van der Waals surface area contributed by atoms with Gasteiger partial charge in [0.1, 0.15) is 0 Å². The molecule has 0 unspecified atom stereocenters. The Bertz CT molecular complexity index is 784. The minimum absolute atomic E-state index is 0.307. The summed E-state index contributed by atoms with van der Waals surface area (Å²) < 4.78 is 11.3. The molecular formula is C25H30O4. The molecule has 0 aromatic heterocycles. The second kappa shape index (κ2) is 9.73. The van der Waals surface area contributed by atoms with Gasteiger partial charge in [-0.2, -0.15) is 0 Å². The Hall–Kier alpha value is -2.62. The number of benzene rings is 2. The zero-order valence-electron chi connectivity index (χ0n) is 17.4. The monoisotopic (exact) mass is 394 g/mol. The summed E-state index contributed by atoms with van der Waals surface area (Å²) in [6.45, 7) is 4.81. The normalized spacial score (nSPS) is 13.4. The highest BCUT2D eigenvalue weighted by atomic mass is 16.6. The Kier molecular flexibility index (Phi) is 7.08. The summed E-state index contributed by atoms with van der Waals surface area (Å²) >= 11 is 0. The first-order valence-corrected chi connectivity index (χ1v) is 10.7. The zero-order valence-corrected chi connectivity index (χ0v) is 17.4. The van der Waals surface area contributed by atoms with Crippen molar-refractivity contribution in [3.63, 3.8) is 0 Å². The first kappa shape index (κ1) is 21.1. The van der Waals surface area contributed by atoms with Crippen LogP contribution in [0.3, 0.4) is 0 Å². The van der Waals surface area contributed by atoms with Crippen molar-refractivity contribution in [1.29, 1.82) is 0 Å². The third kappa shape index (κ3) is 3.93. The van der Waals surface area contributed by atoms with Crippen LogP contribution in [0, 0.1) is 0 Å². The molecule has 0 saturated heterocycles. The van der Waals surface area contributed by atoms with Gasteiger partial charge in [0.15, 0.2) is 0 Å². The Morgan fingerprint density at radius 2 is 1.10 bits per heavy atom. The molecule has 3 rings (SSSR count). The van der Waals surface area contributed by atoms with Gasteiger partial charge in [-0.15, -0.1) is 0 Å². The number of ether oxygens (including phenoxy) is 2. The van der Waals surface area contributed by atoms with Gasteiger partial charge < -0.3 is 9.47 Å². The highest BCUT2D eigenvalue weighted by Crippen LogP contribution is 2.50. The van der Waals surface area contributed by atoms with Gasteiger partial charge in [-0.3, -0.25) is 9.59 Å². The van der Waals surface area contributed by atoms with Crippen molar-refractivity contribution < 1.29 is 19.1 Å². The summed E-state index contributed by atoms with van der Waals surface area (Å²) in [4.78, 5) is 26.9. The Morgan fingerprint density at radius 1 is 0.690 bits per heavy atom. The second-order valence-corrected chi connectivity index (χ2v) is 7.53. The van der Waals surface area contributed by atoms with Crippen LogP contribution in [0.5, 0.6) is 0 Å². The molecular weight excluding hydrogens is 364 g/mol. The third-order valence-corrected chi connectivity index (χ3v) is 5.53. The van der Waals surface area contributed by atoms with E-state index >= 15 is 0 Å². The van der Waals surface area contributed by atoms with E-state index in [1.807, 2.05) is 48.5 Å². The molecule has 4 heteroatoms. The second-order valence-electron chi connectivity index (χ2n) is 7.53. The molecule has 0 N–H and O–H groups in total. The number of carbonyl (C=O) groups excluding carboxylic acids is 2. The minimum atomic E-state index is -1.55. The third-order valence-electron chi connectivity index (χ3n) is 5.53. The van der Waals surface area contributed by atoms with Gasteiger partial charge in [0, 0.05) is 0 Å². The summed E-state index contributed by atoms with van der Waals surface area (Å²) in [5.74, 6) is -1.07. The van der Waals surface area contributed by atoms with Gasteiger partial charge in [0.05, 0.1) is 13.2 Å². The van der Waals surface area contributed by atoms with Gasteiger partial charge in [-0.25, -0.2) is 0 Å². The summed E-state index contributed by atoms with van der Waals surface area (Å²) in [6.07, 6.45) is 5.60. The van der Waals surface area contributed by atoms with E-state index in [1.54, 1.807) is 0 Å². The van der Waals surface area contributed by atoms with Crippen LogP contribution in [0.1, 0.15) is 63.5 Å². The molecule has 154 valence electrons. The van der Waals surface area contributed by atoms with Gasteiger partial charge in [0.25, 0.3) is 0 Å². The molecule has 0 atom stereocenters. The minimum Gasteiger partial charge on any atom is -0.464 e. The largest absolute Gasteiger partial charge is 0.464 e. The SMILES string of the molecule is CCCCCOC(=O)C1(C(=O)OCCCCC)c2ccccc2-c2ccccc21. The van der Waals surface area contributed by atoms with E-state index in [0.29, 0.717) is 24.3 Å². The molecule has 0 amide bonds. The molecule has 1 aliphatic rings. The highest BCUT2D eigenvalue weighted by Gasteiger charge is 2.57. The fourth-order valence-corrected chi connectivity index (χ4v) is 4.01. The Balaban J connectivity index is 2.01. The summed E-state index contributed by atoms with van der Waals surface area (Å²) in [7, 11) is 0. The maximum atomic E-state index is 13.5. The average molecular weight is 395 g/mol. The molecule has 0 aliphatic heterocycles. The van der Waals surface area contributed by atoms with E-state index in [4.69, 9.17) is 9.47 Å². The standard InChI is InChI=1S/C25H30O4/c1-3-5-11-17-28-23(26)25(24(27)29-18-12-6-4-2)21-15-9-7-13-19(21)20-14-8-10-16-22(20)25/h7-10,13-16H,3-6,11-12,17-18H2,1-2H3. The van der Waals surface area contributed by atoms with E-state index < -0.39 is 17.4 Å². The first-order chi connectivity index (χ1) is 14.2. The zero-order chi connectivity index (χ0) is 20.7. The van der Waals surface area contributed by atoms with Crippen LogP contribution in [0.25, 0.3) is 11.1 Å². The van der Waals surface area contributed by atoms with Crippen molar-refractivity contribution in [1.82, 2.24) is 0 Å². The number of fused-ring (bicyclic) bond motifs is 3. The van der Waals surface area contributed by atoms with Crippen LogP contribution in [0.2, 0.25) is 0 Å². The van der Waals surface area contributed by atoms with Crippen molar-refractivity contribution in [2.45, 2.75) is 57.8 Å². The van der Waals surface area contributed by atoms with E-state index in [2.05, 4.69) is 13.8 Å². The van der Waals surface area contributed by atoms with Crippen molar-refractivity contribution in [3.05, 3.63) is 59.7 Å². The van der Waals surface area contributed by atoms with Crippen LogP contribution in [-0.2, 0) is 24.5 Å². The quantitative estimate of drug-likeness (QED) is 0.307. The summed E-state index contributed by atoms with van der Waals surface area (Å²) in [5.41, 5.74) is 1.54. The first-order valence-electron chi connectivity index (χ1n) is 10.7. The number of esters is 2. The molecule has 2 aromatic rings. The van der Waals surface area contributed by atoms with Gasteiger partial charge in [-0.05, 0) is 35.1 Å². The average Bonchev–Trinajstić information content (AvgIpc) is 3.06. The van der Waals surface area contributed by atoms with E-state index in [9.17, 15) is 9.59 Å².